The highest BCUT2D eigenvalue weighted by molar-refractivity contribution is 6.07. The van der Waals surface area contributed by atoms with Crippen LogP contribution in [0.2, 0.25) is 0 Å². The third kappa shape index (κ3) is 4.47. The van der Waals surface area contributed by atoms with Gasteiger partial charge in [-0.3, -0.25) is 0 Å². The van der Waals surface area contributed by atoms with E-state index in [4.69, 9.17) is 18.9 Å². The van der Waals surface area contributed by atoms with Gasteiger partial charge in [-0.25, -0.2) is 9.79 Å². The first-order chi connectivity index (χ1) is 13.1. The zero-order valence-corrected chi connectivity index (χ0v) is 15.5. The van der Waals surface area contributed by atoms with Crippen LogP contribution in [0.5, 0.6) is 17.2 Å². The molecular weight excluding hydrogens is 346 g/mol. The van der Waals surface area contributed by atoms with Crippen molar-refractivity contribution in [1.29, 1.82) is 0 Å². The number of hydrogen-bond acceptors (Lipinski definition) is 6. The van der Waals surface area contributed by atoms with E-state index >= 15 is 0 Å². The molecule has 27 heavy (non-hydrogen) atoms. The number of methoxy groups -OCH3 is 3. The lowest BCUT2D eigenvalue weighted by Gasteiger charge is -2.07. The monoisotopic (exact) mass is 367 g/mol. The number of ether oxygens (including phenoxy) is 4. The molecule has 0 amide bonds. The molecule has 0 saturated heterocycles. The SMILES string of the molecule is COc1ccc(CCC2=N/C(=C/c3ccc(OC)cc3OC)C(=O)O2)cc1. The molecule has 6 nitrogen and oxygen atoms in total. The van der Waals surface area contributed by atoms with Crippen LogP contribution in [-0.4, -0.2) is 33.2 Å². The highest BCUT2D eigenvalue weighted by atomic mass is 16.6. The minimum Gasteiger partial charge on any atom is -0.497 e. The Labute approximate surface area is 158 Å². The summed E-state index contributed by atoms with van der Waals surface area (Å²) in [5.74, 6) is 2.03. The molecule has 0 unspecified atom stereocenters. The van der Waals surface area contributed by atoms with Gasteiger partial charge in [-0.2, -0.15) is 0 Å². The van der Waals surface area contributed by atoms with Gasteiger partial charge in [-0.1, -0.05) is 12.1 Å². The molecule has 0 saturated carbocycles. The number of cyclic esters (lactones) is 1. The van der Waals surface area contributed by atoms with Crippen molar-refractivity contribution >= 4 is 17.9 Å². The van der Waals surface area contributed by atoms with Gasteiger partial charge in [0.25, 0.3) is 0 Å². The number of nitrogens with zero attached hydrogens (tertiary/aromatic N) is 1. The fourth-order valence-electron chi connectivity index (χ4n) is 2.69. The van der Waals surface area contributed by atoms with Crippen LogP contribution in [0.4, 0.5) is 0 Å². The number of aryl methyl sites for hydroxylation is 1. The molecule has 1 heterocycles. The Morgan fingerprint density at radius 2 is 1.63 bits per heavy atom. The number of carbonyl (C=O) groups is 1. The van der Waals surface area contributed by atoms with E-state index in [0.29, 0.717) is 23.8 Å². The fourth-order valence-corrected chi connectivity index (χ4v) is 2.69. The van der Waals surface area contributed by atoms with E-state index in [1.165, 1.54) is 0 Å². The Hall–Kier alpha value is -3.28. The zero-order chi connectivity index (χ0) is 19.2. The van der Waals surface area contributed by atoms with E-state index in [0.717, 1.165) is 23.3 Å². The summed E-state index contributed by atoms with van der Waals surface area (Å²) >= 11 is 0. The number of aliphatic imine (C=N–C) groups is 1. The van der Waals surface area contributed by atoms with Crippen LogP contribution in [-0.2, 0) is 16.0 Å². The van der Waals surface area contributed by atoms with Gasteiger partial charge in [0.05, 0.1) is 21.3 Å². The second-order valence-corrected chi connectivity index (χ2v) is 5.88. The van der Waals surface area contributed by atoms with Crippen LogP contribution in [0.25, 0.3) is 6.08 Å². The number of rotatable bonds is 7. The maximum absolute atomic E-state index is 12.1. The highest BCUT2D eigenvalue weighted by Gasteiger charge is 2.23. The lowest BCUT2D eigenvalue weighted by atomic mass is 10.1. The fraction of sp³-hybridized carbons (Fsp3) is 0.238. The summed E-state index contributed by atoms with van der Waals surface area (Å²) < 4.78 is 21.0. The summed E-state index contributed by atoms with van der Waals surface area (Å²) in [6, 6.07) is 13.1. The Morgan fingerprint density at radius 1 is 0.926 bits per heavy atom. The van der Waals surface area contributed by atoms with Crippen molar-refractivity contribution in [3.63, 3.8) is 0 Å². The van der Waals surface area contributed by atoms with E-state index in [1.807, 2.05) is 30.3 Å². The summed E-state index contributed by atoms with van der Waals surface area (Å²) in [6.45, 7) is 0. The summed E-state index contributed by atoms with van der Waals surface area (Å²) in [4.78, 5) is 16.4. The van der Waals surface area contributed by atoms with E-state index in [2.05, 4.69) is 4.99 Å². The van der Waals surface area contributed by atoms with Gasteiger partial charge in [0, 0.05) is 18.1 Å². The maximum atomic E-state index is 12.1. The van der Waals surface area contributed by atoms with Crippen LogP contribution < -0.4 is 14.2 Å². The first-order valence-corrected chi connectivity index (χ1v) is 8.49. The molecule has 1 aliphatic rings. The lowest BCUT2D eigenvalue weighted by Crippen LogP contribution is -2.05. The molecule has 0 bridgehead atoms. The molecule has 0 N–H and O–H groups in total. The molecule has 0 fully saturated rings. The van der Waals surface area contributed by atoms with Gasteiger partial charge in [-0.15, -0.1) is 0 Å². The normalized spacial score (nSPS) is 14.7. The molecule has 140 valence electrons. The Kier molecular flexibility index (Phi) is 5.76. The van der Waals surface area contributed by atoms with E-state index < -0.39 is 5.97 Å². The van der Waals surface area contributed by atoms with Crippen LogP contribution in [0.15, 0.2) is 53.2 Å². The van der Waals surface area contributed by atoms with Crippen molar-refractivity contribution in [2.24, 2.45) is 4.99 Å². The second-order valence-electron chi connectivity index (χ2n) is 5.88. The lowest BCUT2D eigenvalue weighted by molar-refractivity contribution is -0.130. The first-order valence-electron chi connectivity index (χ1n) is 8.49. The average Bonchev–Trinajstić information content (AvgIpc) is 3.06. The molecule has 2 aromatic rings. The van der Waals surface area contributed by atoms with Gasteiger partial charge < -0.3 is 18.9 Å². The zero-order valence-electron chi connectivity index (χ0n) is 15.5. The van der Waals surface area contributed by atoms with Crippen molar-refractivity contribution in [2.75, 3.05) is 21.3 Å². The van der Waals surface area contributed by atoms with Gasteiger partial charge in [0.1, 0.15) is 17.2 Å². The summed E-state index contributed by atoms with van der Waals surface area (Å²) in [7, 11) is 4.78. The van der Waals surface area contributed by atoms with Crippen LogP contribution in [0.3, 0.4) is 0 Å². The second kappa shape index (κ2) is 8.40. The molecule has 1 aliphatic heterocycles. The first kappa shape index (κ1) is 18.5. The van der Waals surface area contributed by atoms with Gasteiger partial charge in [0.15, 0.2) is 11.6 Å². The third-order valence-electron chi connectivity index (χ3n) is 4.18. The van der Waals surface area contributed by atoms with Crippen molar-refractivity contribution in [3.8, 4) is 17.2 Å². The van der Waals surface area contributed by atoms with Crippen LogP contribution in [0.1, 0.15) is 17.5 Å². The molecule has 2 aromatic carbocycles. The number of hydrogen-bond donors (Lipinski definition) is 0. The van der Waals surface area contributed by atoms with E-state index in [9.17, 15) is 4.79 Å². The maximum Gasteiger partial charge on any atom is 0.363 e. The number of esters is 1. The minimum absolute atomic E-state index is 0.253. The van der Waals surface area contributed by atoms with Crippen LogP contribution in [0, 0.1) is 0 Å². The molecule has 0 aliphatic carbocycles. The molecule has 0 atom stereocenters. The van der Waals surface area contributed by atoms with E-state index in [-0.39, 0.29) is 5.70 Å². The number of carbonyl (C=O) groups excluding carboxylic acids is 1. The molecule has 3 rings (SSSR count). The average molecular weight is 367 g/mol. The summed E-state index contributed by atoms with van der Waals surface area (Å²) in [5, 5.41) is 0. The van der Waals surface area contributed by atoms with Crippen molar-refractivity contribution < 1.29 is 23.7 Å². The minimum atomic E-state index is -0.461. The summed E-state index contributed by atoms with van der Waals surface area (Å²) in [6.07, 6.45) is 2.91. The highest BCUT2D eigenvalue weighted by Crippen LogP contribution is 2.28. The smallest absolute Gasteiger partial charge is 0.363 e. The van der Waals surface area contributed by atoms with E-state index in [1.54, 1.807) is 39.5 Å². The van der Waals surface area contributed by atoms with Crippen molar-refractivity contribution in [2.45, 2.75) is 12.8 Å². The Bertz CT molecular complexity index is 884. The molecule has 0 spiro atoms. The molecule has 0 radical (unpaired) electrons. The largest absolute Gasteiger partial charge is 0.497 e. The molecule has 6 heteroatoms. The third-order valence-corrected chi connectivity index (χ3v) is 4.18. The van der Waals surface area contributed by atoms with Crippen LogP contribution >= 0.6 is 0 Å². The number of benzene rings is 2. The van der Waals surface area contributed by atoms with Gasteiger partial charge >= 0.3 is 5.97 Å². The topological polar surface area (TPSA) is 66.3 Å². The predicted molar refractivity (Wildman–Crippen MR) is 102 cm³/mol. The standard InChI is InChI=1S/C21H21NO5/c1-24-16-8-4-14(5-9-16)6-11-20-22-18(21(23)27-20)12-15-7-10-17(25-2)13-19(15)26-3/h4-5,7-10,12-13H,6,11H2,1-3H3/b18-12+. The van der Waals surface area contributed by atoms with Crippen molar-refractivity contribution in [1.82, 2.24) is 0 Å². The van der Waals surface area contributed by atoms with Gasteiger partial charge in [-0.05, 0) is 42.3 Å². The summed E-state index contributed by atoms with van der Waals surface area (Å²) in [5.41, 5.74) is 2.09. The Morgan fingerprint density at radius 3 is 2.30 bits per heavy atom. The quantitative estimate of drug-likeness (QED) is 0.552. The molecular formula is C21H21NO5. The predicted octanol–water partition coefficient (Wildman–Crippen LogP) is 3.64. The Balaban J connectivity index is 1.72. The molecule has 0 aromatic heterocycles. The van der Waals surface area contributed by atoms with Crippen molar-refractivity contribution in [3.05, 3.63) is 59.3 Å². The van der Waals surface area contributed by atoms with Gasteiger partial charge in [0.2, 0.25) is 0 Å².